The molecule has 0 aliphatic rings. The summed E-state index contributed by atoms with van der Waals surface area (Å²) in [5.74, 6) is 0.563. The van der Waals surface area contributed by atoms with E-state index in [4.69, 9.17) is 28.9 Å². The van der Waals surface area contributed by atoms with Crippen LogP contribution in [0.25, 0.3) is 0 Å². The zero-order valence-electron chi connectivity index (χ0n) is 8.31. The Hall–Kier alpha value is -0.690. The maximum absolute atomic E-state index is 9.06. The van der Waals surface area contributed by atoms with Crippen molar-refractivity contribution in [2.24, 2.45) is 0 Å². The van der Waals surface area contributed by atoms with Gasteiger partial charge in [-0.1, -0.05) is 11.6 Å². The fraction of sp³-hybridized carbons (Fsp3) is 0.333. The lowest BCUT2D eigenvalue weighted by molar-refractivity contribution is 0.264. The second kappa shape index (κ2) is 5.09. The molecule has 0 aliphatic heterocycles. The summed E-state index contributed by atoms with van der Waals surface area (Å²) in [6.45, 7) is 0.584. The molecule has 2 aromatic rings. The third-order valence-electron chi connectivity index (χ3n) is 2.19. The Labute approximate surface area is 107 Å². The average molecular weight is 276 g/mol. The summed E-state index contributed by atoms with van der Waals surface area (Å²) in [6, 6.07) is 3.87. The predicted octanol–water partition coefficient (Wildman–Crippen LogP) is 2.39. The fourth-order valence-electron chi connectivity index (χ4n) is 1.41. The topological polar surface area (TPSA) is 53.8 Å². The van der Waals surface area contributed by atoms with E-state index in [1.54, 1.807) is 15.9 Å². The van der Waals surface area contributed by atoms with E-state index in [1.165, 1.54) is 4.88 Å². The number of hydrogen-bond acceptors (Lipinski definition) is 4. The molecule has 0 amide bonds. The van der Waals surface area contributed by atoms with Gasteiger partial charge in [-0.15, -0.1) is 11.3 Å². The van der Waals surface area contributed by atoms with Gasteiger partial charge in [0.25, 0.3) is 0 Å². The number of thiophene rings is 1. The summed E-state index contributed by atoms with van der Waals surface area (Å²) in [4.78, 5) is 1.19. The van der Waals surface area contributed by atoms with Gasteiger partial charge in [-0.2, -0.15) is 5.10 Å². The highest BCUT2D eigenvalue weighted by molar-refractivity contribution is 7.71. The summed E-state index contributed by atoms with van der Waals surface area (Å²) in [7, 11) is 0. The van der Waals surface area contributed by atoms with E-state index in [-0.39, 0.29) is 6.61 Å². The lowest BCUT2D eigenvalue weighted by Gasteiger charge is -2.03. The lowest BCUT2D eigenvalue weighted by Crippen LogP contribution is -2.05. The first kappa shape index (κ1) is 11.8. The predicted molar refractivity (Wildman–Crippen MR) is 66.4 cm³/mol. The number of H-pyrrole nitrogens is 1. The first-order valence-electron chi connectivity index (χ1n) is 4.70. The van der Waals surface area contributed by atoms with E-state index in [1.807, 2.05) is 12.1 Å². The highest BCUT2D eigenvalue weighted by atomic mass is 35.5. The molecule has 7 heteroatoms. The average Bonchev–Trinajstić information content (AvgIpc) is 2.82. The molecule has 0 aliphatic carbocycles. The Morgan fingerprint density at radius 1 is 1.56 bits per heavy atom. The molecule has 0 aromatic carbocycles. The van der Waals surface area contributed by atoms with E-state index in [2.05, 4.69) is 10.2 Å². The van der Waals surface area contributed by atoms with Crippen molar-refractivity contribution in [3.05, 3.63) is 31.9 Å². The quantitative estimate of drug-likeness (QED) is 0.843. The fourth-order valence-corrected chi connectivity index (χ4v) is 2.73. The van der Waals surface area contributed by atoms with Crippen molar-refractivity contribution in [1.29, 1.82) is 0 Å². The van der Waals surface area contributed by atoms with E-state index in [0.29, 0.717) is 17.1 Å². The molecule has 4 nitrogen and oxygen atoms in total. The number of aromatic amines is 1. The van der Waals surface area contributed by atoms with Crippen LogP contribution < -0.4 is 0 Å². The maximum atomic E-state index is 9.06. The summed E-state index contributed by atoms with van der Waals surface area (Å²) in [6.07, 6.45) is 0.832. The molecule has 0 saturated heterocycles. The minimum atomic E-state index is -0.113. The van der Waals surface area contributed by atoms with E-state index >= 15 is 0 Å². The van der Waals surface area contributed by atoms with Gasteiger partial charge in [0.15, 0.2) is 10.6 Å². The lowest BCUT2D eigenvalue weighted by atomic mass is 10.3. The molecule has 0 atom stereocenters. The first-order chi connectivity index (χ1) is 7.70. The zero-order valence-corrected chi connectivity index (χ0v) is 10.7. The molecule has 2 aromatic heterocycles. The monoisotopic (exact) mass is 275 g/mol. The molecule has 0 bridgehead atoms. The number of aromatic nitrogens is 3. The number of aliphatic hydroxyl groups excluding tert-OH is 1. The van der Waals surface area contributed by atoms with Crippen molar-refractivity contribution in [2.75, 3.05) is 0 Å². The van der Waals surface area contributed by atoms with Crippen LogP contribution in [-0.2, 0) is 19.6 Å². The van der Waals surface area contributed by atoms with Crippen molar-refractivity contribution < 1.29 is 5.11 Å². The van der Waals surface area contributed by atoms with Crippen molar-refractivity contribution in [3.63, 3.8) is 0 Å². The smallest absolute Gasteiger partial charge is 0.195 e. The summed E-state index contributed by atoms with van der Waals surface area (Å²) < 4.78 is 3.11. The second-order valence-electron chi connectivity index (χ2n) is 3.21. The van der Waals surface area contributed by atoms with Crippen LogP contribution in [-0.4, -0.2) is 19.9 Å². The van der Waals surface area contributed by atoms with Crippen LogP contribution in [0, 0.1) is 4.77 Å². The van der Waals surface area contributed by atoms with E-state index in [0.717, 1.165) is 10.8 Å². The van der Waals surface area contributed by atoms with Crippen molar-refractivity contribution in [1.82, 2.24) is 14.8 Å². The van der Waals surface area contributed by atoms with E-state index < -0.39 is 0 Å². The molecule has 2 heterocycles. The number of nitrogens with zero attached hydrogens (tertiary/aromatic N) is 2. The standard InChI is InChI=1S/C9H10ClN3OS2/c10-7-2-1-6(16-7)3-4-13-8(5-14)11-12-9(13)15/h1-2,14H,3-5H2,(H,12,15). The van der Waals surface area contributed by atoms with Crippen LogP contribution >= 0.6 is 35.2 Å². The molecular weight excluding hydrogens is 266 g/mol. The molecule has 16 heavy (non-hydrogen) atoms. The van der Waals surface area contributed by atoms with Crippen LogP contribution in [0.3, 0.4) is 0 Å². The van der Waals surface area contributed by atoms with Gasteiger partial charge in [0.05, 0.1) is 4.34 Å². The third kappa shape index (κ3) is 2.52. The summed E-state index contributed by atoms with van der Waals surface area (Å²) >= 11 is 12.5. The van der Waals surface area contributed by atoms with Gasteiger partial charge in [-0.25, -0.2) is 0 Å². The van der Waals surface area contributed by atoms with Crippen molar-refractivity contribution in [3.8, 4) is 0 Å². The molecule has 0 radical (unpaired) electrons. The van der Waals surface area contributed by atoms with Crippen LogP contribution in [0.1, 0.15) is 10.7 Å². The minimum absolute atomic E-state index is 0.113. The van der Waals surface area contributed by atoms with Gasteiger partial charge in [-0.05, 0) is 30.8 Å². The Balaban J connectivity index is 2.09. The molecular formula is C9H10ClN3OS2. The van der Waals surface area contributed by atoms with Gasteiger partial charge in [0, 0.05) is 11.4 Å². The van der Waals surface area contributed by atoms with Gasteiger partial charge in [0.1, 0.15) is 6.61 Å². The highest BCUT2D eigenvalue weighted by Crippen LogP contribution is 2.22. The molecule has 86 valence electrons. The Morgan fingerprint density at radius 2 is 2.38 bits per heavy atom. The minimum Gasteiger partial charge on any atom is -0.388 e. The van der Waals surface area contributed by atoms with Gasteiger partial charge < -0.3 is 9.67 Å². The molecule has 2 rings (SSSR count). The summed E-state index contributed by atoms with van der Waals surface area (Å²) in [5, 5.41) is 15.7. The zero-order chi connectivity index (χ0) is 11.5. The van der Waals surface area contributed by atoms with Crippen LogP contribution in [0.2, 0.25) is 4.34 Å². The third-order valence-corrected chi connectivity index (χ3v) is 3.79. The Kier molecular flexibility index (Phi) is 3.75. The van der Waals surface area contributed by atoms with E-state index in [9.17, 15) is 0 Å². The second-order valence-corrected chi connectivity index (χ2v) is 5.40. The SMILES string of the molecule is OCc1n[nH]c(=S)n1CCc1ccc(Cl)s1. The summed E-state index contributed by atoms with van der Waals surface area (Å²) in [5.41, 5.74) is 0. The van der Waals surface area contributed by atoms with Crippen molar-refractivity contribution in [2.45, 2.75) is 19.6 Å². The number of halogens is 1. The largest absolute Gasteiger partial charge is 0.388 e. The molecule has 0 fully saturated rings. The van der Waals surface area contributed by atoms with Crippen LogP contribution in [0.4, 0.5) is 0 Å². The van der Waals surface area contributed by atoms with Gasteiger partial charge >= 0.3 is 0 Å². The van der Waals surface area contributed by atoms with Crippen LogP contribution in [0.15, 0.2) is 12.1 Å². The molecule has 0 saturated carbocycles. The molecule has 0 unspecified atom stereocenters. The number of rotatable bonds is 4. The number of aryl methyl sites for hydroxylation is 1. The Morgan fingerprint density at radius 3 is 3.00 bits per heavy atom. The molecule has 0 spiro atoms. The highest BCUT2D eigenvalue weighted by Gasteiger charge is 2.05. The van der Waals surface area contributed by atoms with Gasteiger partial charge in [0.2, 0.25) is 0 Å². The number of nitrogens with one attached hydrogen (secondary N) is 1. The molecule has 2 N–H and O–H groups in total. The number of hydrogen-bond donors (Lipinski definition) is 2. The Bertz CT molecular complexity index is 531. The first-order valence-corrected chi connectivity index (χ1v) is 6.30. The van der Waals surface area contributed by atoms with Crippen molar-refractivity contribution >= 4 is 35.2 Å². The van der Waals surface area contributed by atoms with Gasteiger partial charge in [-0.3, -0.25) is 5.10 Å². The normalized spacial score (nSPS) is 10.9. The maximum Gasteiger partial charge on any atom is 0.195 e. The van der Waals surface area contributed by atoms with Crippen LogP contribution in [0.5, 0.6) is 0 Å². The number of aliphatic hydroxyl groups is 1.